The second-order valence-corrected chi connectivity index (χ2v) is 4.89. The van der Waals surface area contributed by atoms with Crippen LogP contribution in [-0.2, 0) is 22.6 Å². The summed E-state index contributed by atoms with van der Waals surface area (Å²) in [4.78, 5) is 22.1. The summed E-state index contributed by atoms with van der Waals surface area (Å²) in [5, 5.41) is 11.1. The van der Waals surface area contributed by atoms with Gasteiger partial charge in [-0.1, -0.05) is 42.5 Å². The monoisotopic (exact) mass is 317 g/mol. The van der Waals surface area contributed by atoms with E-state index >= 15 is 0 Å². The summed E-state index contributed by atoms with van der Waals surface area (Å²) in [7, 11) is 0. The molecule has 0 saturated heterocycles. The van der Waals surface area contributed by atoms with E-state index in [1.54, 1.807) is 24.3 Å². The largest absolute Gasteiger partial charge is 0.479 e. The van der Waals surface area contributed by atoms with Crippen molar-refractivity contribution in [3.8, 4) is 0 Å². The number of amides is 1. The van der Waals surface area contributed by atoms with Crippen molar-refractivity contribution in [2.24, 2.45) is 0 Å². The SMILES string of the molecule is O=C(Nc1ccc(CC(F)C(=O)O)cc1)OCc1ccccc1. The van der Waals surface area contributed by atoms with E-state index < -0.39 is 18.2 Å². The molecule has 0 bridgehead atoms. The number of hydrogen-bond donors (Lipinski definition) is 2. The van der Waals surface area contributed by atoms with Crippen LogP contribution in [-0.4, -0.2) is 23.3 Å². The molecule has 2 aromatic rings. The molecule has 1 unspecified atom stereocenters. The lowest BCUT2D eigenvalue weighted by molar-refractivity contribution is -0.142. The Labute approximate surface area is 132 Å². The van der Waals surface area contributed by atoms with Crippen molar-refractivity contribution >= 4 is 17.7 Å². The van der Waals surface area contributed by atoms with Crippen LogP contribution in [0, 0.1) is 0 Å². The number of nitrogens with one attached hydrogen (secondary N) is 1. The van der Waals surface area contributed by atoms with Crippen molar-refractivity contribution in [1.82, 2.24) is 0 Å². The van der Waals surface area contributed by atoms with Crippen LogP contribution in [0.1, 0.15) is 11.1 Å². The number of halogens is 1. The Morgan fingerprint density at radius 3 is 2.30 bits per heavy atom. The van der Waals surface area contributed by atoms with Crippen LogP contribution in [0.25, 0.3) is 0 Å². The van der Waals surface area contributed by atoms with Crippen molar-refractivity contribution in [2.75, 3.05) is 5.32 Å². The number of ether oxygens (including phenoxy) is 1. The topological polar surface area (TPSA) is 75.6 Å². The Balaban J connectivity index is 1.83. The van der Waals surface area contributed by atoms with Crippen LogP contribution < -0.4 is 5.32 Å². The van der Waals surface area contributed by atoms with Crippen molar-refractivity contribution < 1.29 is 23.8 Å². The number of hydrogen-bond acceptors (Lipinski definition) is 3. The first-order valence-electron chi connectivity index (χ1n) is 6.98. The van der Waals surface area contributed by atoms with E-state index in [0.29, 0.717) is 11.3 Å². The number of benzene rings is 2. The number of carboxylic acid groups (broad SMARTS) is 1. The zero-order chi connectivity index (χ0) is 16.7. The molecule has 0 aromatic heterocycles. The molecule has 0 fully saturated rings. The molecule has 1 amide bonds. The smallest absolute Gasteiger partial charge is 0.411 e. The van der Waals surface area contributed by atoms with E-state index in [1.807, 2.05) is 30.3 Å². The van der Waals surface area contributed by atoms with Gasteiger partial charge in [0.25, 0.3) is 0 Å². The molecular weight excluding hydrogens is 301 g/mol. The summed E-state index contributed by atoms with van der Waals surface area (Å²) in [5.74, 6) is -1.49. The van der Waals surface area contributed by atoms with E-state index in [9.17, 15) is 14.0 Å². The molecule has 0 aliphatic carbocycles. The third-order valence-corrected chi connectivity index (χ3v) is 3.10. The first-order valence-corrected chi connectivity index (χ1v) is 6.98. The number of rotatable bonds is 6. The molecule has 1 atom stereocenters. The quantitative estimate of drug-likeness (QED) is 0.856. The molecule has 2 rings (SSSR count). The fourth-order valence-corrected chi connectivity index (χ4v) is 1.90. The minimum Gasteiger partial charge on any atom is -0.479 e. The highest BCUT2D eigenvalue weighted by Gasteiger charge is 2.16. The fourth-order valence-electron chi connectivity index (χ4n) is 1.90. The lowest BCUT2D eigenvalue weighted by atomic mass is 10.1. The lowest BCUT2D eigenvalue weighted by Gasteiger charge is -2.08. The molecule has 23 heavy (non-hydrogen) atoms. The number of carbonyl (C=O) groups is 2. The van der Waals surface area contributed by atoms with Crippen LogP contribution in [0.15, 0.2) is 54.6 Å². The predicted molar refractivity (Wildman–Crippen MR) is 82.9 cm³/mol. The van der Waals surface area contributed by atoms with Crippen molar-refractivity contribution in [3.63, 3.8) is 0 Å². The van der Waals surface area contributed by atoms with Crippen molar-refractivity contribution in [2.45, 2.75) is 19.2 Å². The average molecular weight is 317 g/mol. The number of aliphatic carboxylic acids is 1. The summed E-state index contributed by atoms with van der Waals surface area (Å²) in [6, 6.07) is 15.5. The van der Waals surface area contributed by atoms with E-state index in [1.165, 1.54) is 0 Å². The van der Waals surface area contributed by atoms with Gasteiger partial charge in [0.1, 0.15) is 6.61 Å². The predicted octanol–water partition coefficient (Wildman–Crippen LogP) is 3.40. The highest BCUT2D eigenvalue weighted by atomic mass is 19.1. The number of carboxylic acids is 1. The van der Waals surface area contributed by atoms with Crippen LogP contribution in [0.2, 0.25) is 0 Å². The van der Waals surface area contributed by atoms with Gasteiger partial charge in [0.05, 0.1) is 0 Å². The maximum Gasteiger partial charge on any atom is 0.411 e. The van der Waals surface area contributed by atoms with Gasteiger partial charge in [0.2, 0.25) is 6.17 Å². The van der Waals surface area contributed by atoms with Crippen molar-refractivity contribution in [1.29, 1.82) is 0 Å². The Kier molecular flexibility index (Phi) is 5.68. The maximum atomic E-state index is 13.1. The van der Waals surface area contributed by atoms with Gasteiger partial charge in [0.15, 0.2) is 0 Å². The van der Waals surface area contributed by atoms with Crippen LogP contribution in [0.3, 0.4) is 0 Å². The van der Waals surface area contributed by atoms with E-state index in [4.69, 9.17) is 9.84 Å². The highest BCUT2D eigenvalue weighted by molar-refractivity contribution is 5.84. The number of anilines is 1. The molecule has 0 aliphatic heterocycles. The highest BCUT2D eigenvalue weighted by Crippen LogP contribution is 2.13. The molecule has 0 saturated carbocycles. The molecule has 0 radical (unpaired) electrons. The Morgan fingerprint density at radius 2 is 1.70 bits per heavy atom. The number of alkyl halides is 1. The minimum atomic E-state index is -1.94. The second-order valence-electron chi connectivity index (χ2n) is 4.89. The average Bonchev–Trinajstić information content (AvgIpc) is 2.55. The molecule has 0 aliphatic rings. The van der Waals surface area contributed by atoms with Crippen LogP contribution in [0.4, 0.5) is 14.9 Å². The molecular formula is C17H16FNO4. The van der Waals surface area contributed by atoms with Gasteiger partial charge < -0.3 is 9.84 Å². The van der Waals surface area contributed by atoms with Crippen molar-refractivity contribution in [3.05, 3.63) is 65.7 Å². The van der Waals surface area contributed by atoms with E-state index in [2.05, 4.69) is 5.32 Å². The molecule has 6 heteroatoms. The second kappa shape index (κ2) is 7.93. The van der Waals surface area contributed by atoms with Crippen LogP contribution >= 0.6 is 0 Å². The molecule has 0 heterocycles. The summed E-state index contributed by atoms with van der Waals surface area (Å²) in [6.45, 7) is 0.160. The zero-order valence-electron chi connectivity index (χ0n) is 12.2. The summed E-state index contributed by atoms with van der Waals surface area (Å²) < 4.78 is 18.2. The Bertz CT molecular complexity index is 658. The maximum absolute atomic E-state index is 13.1. The van der Waals surface area contributed by atoms with E-state index in [-0.39, 0.29) is 13.0 Å². The van der Waals surface area contributed by atoms with Gasteiger partial charge in [-0.15, -0.1) is 0 Å². The first kappa shape index (κ1) is 16.5. The number of carbonyl (C=O) groups excluding carboxylic acids is 1. The third kappa shape index (κ3) is 5.43. The van der Waals surface area contributed by atoms with Gasteiger partial charge in [0, 0.05) is 12.1 Å². The summed E-state index contributed by atoms with van der Waals surface area (Å²) in [5.41, 5.74) is 1.89. The fraction of sp³-hybridized carbons (Fsp3) is 0.176. The lowest BCUT2D eigenvalue weighted by Crippen LogP contribution is -2.17. The Morgan fingerprint density at radius 1 is 1.04 bits per heavy atom. The summed E-state index contributed by atoms with van der Waals surface area (Å²) in [6.07, 6.45) is -2.76. The van der Waals surface area contributed by atoms with Gasteiger partial charge in [-0.05, 0) is 23.3 Å². The third-order valence-electron chi connectivity index (χ3n) is 3.10. The zero-order valence-corrected chi connectivity index (χ0v) is 12.2. The summed E-state index contributed by atoms with van der Waals surface area (Å²) >= 11 is 0. The van der Waals surface area contributed by atoms with Gasteiger partial charge in [-0.25, -0.2) is 14.0 Å². The standard InChI is InChI=1S/C17H16FNO4/c18-15(16(20)21)10-12-6-8-14(9-7-12)19-17(22)23-11-13-4-2-1-3-5-13/h1-9,15H,10-11H2,(H,19,22)(H,20,21). The van der Waals surface area contributed by atoms with Crippen LogP contribution in [0.5, 0.6) is 0 Å². The molecule has 0 spiro atoms. The normalized spacial score (nSPS) is 11.5. The molecule has 2 aromatic carbocycles. The molecule has 2 N–H and O–H groups in total. The van der Waals surface area contributed by atoms with Gasteiger partial charge in [-0.3, -0.25) is 5.32 Å². The minimum absolute atomic E-state index is 0.160. The van der Waals surface area contributed by atoms with Gasteiger partial charge >= 0.3 is 12.1 Å². The molecule has 120 valence electrons. The van der Waals surface area contributed by atoms with E-state index in [0.717, 1.165) is 5.56 Å². The van der Waals surface area contributed by atoms with Gasteiger partial charge in [-0.2, -0.15) is 0 Å². The Hall–Kier alpha value is -2.89. The first-order chi connectivity index (χ1) is 11.0. The molecule has 5 nitrogen and oxygen atoms in total.